The van der Waals surface area contributed by atoms with Gasteiger partial charge >= 0.3 is 0 Å². The Hall–Kier alpha value is -6.26. The van der Waals surface area contributed by atoms with Gasteiger partial charge in [0.2, 0.25) is 0 Å². The van der Waals surface area contributed by atoms with E-state index in [1.807, 2.05) is 50.4 Å². The van der Waals surface area contributed by atoms with Gasteiger partial charge in [-0.15, -0.1) is 0 Å². The van der Waals surface area contributed by atoms with Gasteiger partial charge in [0.05, 0.1) is 17.1 Å². The standard InChI is InChI=1S/C44H33N3O/c1-29-24-30(2)43(48)39(25-29)41-28-35(31-12-4-3-5-13-31)27-40(46-41)34-17-10-18-36(26-34)47(42-21-11-16-32-14-6-8-19-37(32)42)44-38-20-9-7-15-33(38)22-23-45-44/h3-28,48H,1-2H3. The summed E-state index contributed by atoms with van der Waals surface area (Å²) in [4.78, 5) is 12.4. The maximum Gasteiger partial charge on any atom is 0.145 e. The molecule has 0 unspecified atom stereocenters. The highest BCUT2D eigenvalue weighted by molar-refractivity contribution is 6.03. The third-order valence-corrected chi connectivity index (χ3v) is 8.93. The minimum Gasteiger partial charge on any atom is -0.507 e. The van der Waals surface area contributed by atoms with E-state index in [1.54, 1.807) is 0 Å². The fourth-order valence-corrected chi connectivity index (χ4v) is 6.63. The van der Waals surface area contributed by atoms with Crippen LogP contribution in [0.3, 0.4) is 0 Å². The van der Waals surface area contributed by atoms with E-state index >= 15 is 0 Å². The summed E-state index contributed by atoms with van der Waals surface area (Å²) in [5, 5.41) is 15.7. The number of rotatable bonds is 6. The molecule has 4 heteroatoms. The molecule has 0 radical (unpaired) electrons. The zero-order chi connectivity index (χ0) is 32.6. The highest BCUT2D eigenvalue weighted by atomic mass is 16.3. The number of hydrogen-bond donors (Lipinski definition) is 1. The third kappa shape index (κ3) is 5.33. The number of aryl methyl sites for hydroxylation is 2. The summed E-state index contributed by atoms with van der Waals surface area (Å²) >= 11 is 0. The van der Waals surface area contributed by atoms with Crippen molar-refractivity contribution in [2.24, 2.45) is 0 Å². The second kappa shape index (κ2) is 12.2. The van der Waals surface area contributed by atoms with Gasteiger partial charge in [-0.2, -0.15) is 0 Å². The molecule has 230 valence electrons. The van der Waals surface area contributed by atoms with E-state index in [0.717, 1.165) is 83.5 Å². The number of pyridine rings is 2. The Bertz CT molecular complexity index is 2360. The molecule has 4 nitrogen and oxygen atoms in total. The van der Waals surface area contributed by atoms with E-state index in [9.17, 15) is 5.11 Å². The van der Waals surface area contributed by atoms with Crippen molar-refractivity contribution in [1.29, 1.82) is 0 Å². The summed E-state index contributed by atoms with van der Waals surface area (Å²) in [6, 6.07) is 52.3. The first-order valence-corrected chi connectivity index (χ1v) is 16.1. The normalized spacial score (nSPS) is 11.2. The fraction of sp³-hybridized carbons (Fsp3) is 0.0455. The molecule has 2 aromatic heterocycles. The number of benzene rings is 6. The fourth-order valence-electron chi connectivity index (χ4n) is 6.63. The number of fused-ring (bicyclic) bond motifs is 2. The SMILES string of the molecule is Cc1cc(C)c(O)c(-c2cc(-c3ccccc3)cc(-c3cccc(N(c4cccc5ccccc45)c4nccc5ccccc45)c3)n2)c1. The summed E-state index contributed by atoms with van der Waals surface area (Å²) in [6.07, 6.45) is 1.88. The van der Waals surface area contributed by atoms with Crippen molar-refractivity contribution in [2.45, 2.75) is 13.8 Å². The van der Waals surface area contributed by atoms with Gasteiger partial charge in [0, 0.05) is 33.8 Å². The van der Waals surface area contributed by atoms with Crippen LogP contribution in [-0.2, 0) is 0 Å². The topological polar surface area (TPSA) is 49.2 Å². The number of phenols is 1. The molecule has 0 bridgehead atoms. The monoisotopic (exact) mass is 619 g/mol. The summed E-state index contributed by atoms with van der Waals surface area (Å²) in [5.41, 5.74) is 9.24. The van der Waals surface area contributed by atoms with Crippen LogP contribution in [-0.4, -0.2) is 15.1 Å². The lowest BCUT2D eigenvalue weighted by Gasteiger charge is -2.27. The molecule has 0 aliphatic carbocycles. The molecule has 8 aromatic rings. The smallest absolute Gasteiger partial charge is 0.145 e. The van der Waals surface area contributed by atoms with Crippen molar-refractivity contribution in [1.82, 2.24) is 9.97 Å². The van der Waals surface area contributed by atoms with Crippen LogP contribution in [0.2, 0.25) is 0 Å². The van der Waals surface area contributed by atoms with Crippen LogP contribution in [0.4, 0.5) is 17.2 Å². The Morgan fingerprint density at radius 3 is 2.04 bits per heavy atom. The van der Waals surface area contributed by atoms with E-state index in [0.29, 0.717) is 0 Å². The first-order chi connectivity index (χ1) is 23.5. The van der Waals surface area contributed by atoms with Crippen LogP contribution in [0, 0.1) is 13.8 Å². The molecule has 1 N–H and O–H groups in total. The average molecular weight is 620 g/mol. The predicted octanol–water partition coefficient (Wildman–Crippen LogP) is 11.6. The van der Waals surface area contributed by atoms with E-state index in [1.165, 1.54) is 0 Å². The molecular weight excluding hydrogens is 587 g/mol. The summed E-state index contributed by atoms with van der Waals surface area (Å²) < 4.78 is 0. The second-order valence-electron chi connectivity index (χ2n) is 12.2. The Labute approximate surface area is 280 Å². The van der Waals surface area contributed by atoms with Crippen molar-refractivity contribution in [3.63, 3.8) is 0 Å². The predicted molar refractivity (Wildman–Crippen MR) is 199 cm³/mol. The molecule has 2 heterocycles. The summed E-state index contributed by atoms with van der Waals surface area (Å²) in [6.45, 7) is 3.98. The van der Waals surface area contributed by atoms with Crippen molar-refractivity contribution < 1.29 is 5.11 Å². The number of nitrogens with zero attached hydrogens (tertiary/aromatic N) is 3. The van der Waals surface area contributed by atoms with Gasteiger partial charge in [-0.1, -0.05) is 109 Å². The van der Waals surface area contributed by atoms with Crippen LogP contribution >= 0.6 is 0 Å². The van der Waals surface area contributed by atoms with E-state index in [2.05, 4.69) is 126 Å². The molecule has 0 saturated carbocycles. The van der Waals surface area contributed by atoms with E-state index in [-0.39, 0.29) is 5.75 Å². The number of hydrogen-bond acceptors (Lipinski definition) is 4. The van der Waals surface area contributed by atoms with Gasteiger partial charge in [-0.3, -0.25) is 4.90 Å². The first-order valence-electron chi connectivity index (χ1n) is 16.1. The zero-order valence-electron chi connectivity index (χ0n) is 26.8. The number of aromatic nitrogens is 2. The first kappa shape index (κ1) is 29.2. The Balaban J connectivity index is 1.36. The Morgan fingerprint density at radius 2 is 1.21 bits per heavy atom. The molecule has 0 saturated heterocycles. The number of aromatic hydroxyl groups is 1. The summed E-state index contributed by atoms with van der Waals surface area (Å²) in [5.74, 6) is 1.11. The van der Waals surface area contributed by atoms with Crippen molar-refractivity contribution >= 4 is 38.7 Å². The molecule has 6 aromatic carbocycles. The lowest BCUT2D eigenvalue weighted by atomic mass is 9.97. The van der Waals surface area contributed by atoms with Crippen LogP contribution in [0.25, 0.3) is 55.2 Å². The van der Waals surface area contributed by atoms with Crippen molar-refractivity contribution in [2.75, 3.05) is 4.90 Å². The molecule has 0 spiro atoms. The van der Waals surface area contributed by atoms with Crippen LogP contribution in [0.5, 0.6) is 5.75 Å². The van der Waals surface area contributed by atoms with E-state index in [4.69, 9.17) is 9.97 Å². The number of phenolic OH excluding ortho intramolecular Hbond substituents is 1. The van der Waals surface area contributed by atoms with Gasteiger partial charge in [0.15, 0.2) is 0 Å². The molecule has 48 heavy (non-hydrogen) atoms. The molecule has 0 aliphatic rings. The molecule has 8 rings (SSSR count). The van der Waals surface area contributed by atoms with Crippen molar-refractivity contribution in [3.05, 3.63) is 169 Å². The van der Waals surface area contributed by atoms with Gasteiger partial charge in [0.1, 0.15) is 11.6 Å². The zero-order valence-corrected chi connectivity index (χ0v) is 26.8. The molecule has 0 fully saturated rings. The van der Waals surface area contributed by atoms with Gasteiger partial charge in [0.25, 0.3) is 0 Å². The lowest BCUT2D eigenvalue weighted by molar-refractivity contribution is 0.473. The highest BCUT2D eigenvalue weighted by Crippen LogP contribution is 2.42. The summed E-state index contributed by atoms with van der Waals surface area (Å²) in [7, 11) is 0. The quantitative estimate of drug-likeness (QED) is 0.201. The minimum absolute atomic E-state index is 0.252. The maximum absolute atomic E-state index is 11.2. The molecule has 0 amide bonds. The van der Waals surface area contributed by atoms with Crippen molar-refractivity contribution in [3.8, 4) is 39.4 Å². The maximum atomic E-state index is 11.2. The van der Waals surface area contributed by atoms with E-state index < -0.39 is 0 Å². The van der Waals surface area contributed by atoms with Crippen LogP contribution in [0.1, 0.15) is 11.1 Å². The Kier molecular flexibility index (Phi) is 7.39. The second-order valence-corrected chi connectivity index (χ2v) is 12.2. The third-order valence-electron chi connectivity index (χ3n) is 8.93. The minimum atomic E-state index is 0.252. The molecule has 0 atom stereocenters. The van der Waals surface area contributed by atoms with Gasteiger partial charge in [-0.25, -0.2) is 9.97 Å². The van der Waals surface area contributed by atoms with Crippen LogP contribution in [0.15, 0.2) is 158 Å². The van der Waals surface area contributed by atoms with Gasteiger partial charge in [-0.05, 0) is 89.3 Å². The average Bonchev–Trinajstić information content (AvgIpc) is 3.14. The Morgan fingerprint density at radius 1 is 0.542 bits per heavy atom. The molecule has 0 aliphatic heterocycles. The highest BCUT2D eigenvalue weighted by Gasteiger charge is 2.20. The largest absolute Gasteiger partial charge is 0.507 e. The lowest BCUT2D eigenvalue weighted by Crippen LogP contribution is -2.12. The van der Waals surface area contributed by atoms with Gasteiger partial charge < -0.3 is 5.11 Å². The van der Waals surface area contributed by atoms with Crippen LogP contribution < -0.4 is 4.90 Å². The number of anilines is 3. The molecular formula is C44H33N3O.